The molecule has 0 amide bonds. The molecule has 0 aliphatic heterocycles. The Morgan fingerprint density at radius 1 is 1.06 bits per heavy atom. The number of nitrogens with zero attached hydrogens (tertiary/aromatic N) is 1. The minimum absolute atomic E-state index is 0.322. The average molecular weight is 254 g/mol. The molecule has 3 rings (SSSR count). The van der Waals surface area contributed by atoms with Gasteiger partial charge in [-0.3, -0.25) is 0 Å². The van der Waals surface area contributed by atoms with Crippen molar-refractivity contribution in [3.63, 3.8) is 0 Å². The predicted molar refractivity (Wildman–Crippen MR) is 73.6 cm³/mol. The molecule has 0 saturated carbocycles. The van der Waals surface area contributed by atoms with Crippen molar-refractivity contribution in [2.75, 3.05) is 0 Å². The molecule has 1 aromatic carbocycles. The van der Waals surface area contributed by atoms with E-state index in [1.54, 1.807) is 17.5 Å². The third-order valence-corrected chi connectivity index (χ3v) is 3.61. The smallest absolute Gasteiger partial charge is 0.313 e. The third-order valence-electron chi connectivity index (χ3n) is 2.65. The van der Waals surface area contributed by atoms with Gasteiger partial charge in [-0.1, -0.05) is 30.3 Å². The molecule has 0 unspecified atom stereocenters. The summed E-state index contributed by atoms with van der Waals surface area (Å²) in [6.07, 6.45) is 1.62. The van der Waals surface area contributed by atoms with E-state index in [0.717, 1.165) is 16.0 Å². The van der Waals surface area contributed by atoms with E-state index in [4.69, 9.17) is 0 Å². The summed E-state index contributed by atoms with van der Waals surface area (Å²) in [6, 6.07) is 13.9. The lowest BCUT2D eigenvalue weighted by molar-refractivity contribution is 1.08. The molecule has 3 aromatic rings. The molecule has 1 N–H and O–H groups in total. The van der Waals surface area contributed by atoms with Crippen molar-refractivity contribution in [1.29, 1.82) is 0 Å². The molecule has 18 heavy (non-hydrogen) atoms. The molecular weight excluding hydrogens is 244 g/mol. The van der Waals surface area contributed by atoms with Crippen molar-refractivity contribution < 1.29 is 0 Å². The van der Waals surface area contributed by atoms with E-state index in [1.807, 2.05) is 35.7 Å². The van der Waals surface area contributed by atoms with Gasteiger partial charge in [-0.2, -0.15) is 4.98 Å². The molecule has 2 heterocycles. The fourth-order valence-corrected chi connectivity index (χ4v) is 2.76. The highest BCUT2D eigenvalue weighted by molar-refractivity contribution is 7.14. The van der Waals surface area contributed by atoms with E-state index in [9.17, 15) is 4.79 Å². The number of nitrogens with one attached hydrogen (secondary N) is 1. The third kappa shape index (κ3) is 1.98. The van der Waals surface area contributed by atoms with Crippen molar-refractivity contribution >= 4 is 11.3 Å². The normalized spacial score (nSPS) is 10.4. The number of rotatable bonds is 2. The Bertz CT molecular complexity index is 716. The van der Waals surface area contributed by atoms with E-state index >= 15 is 0 Å². The van der Waals surface area contributed by atoms with Crippen LogP contribution in [0.5, 0.6) is 0 Å². The van der Waals surface area contributed by atoms with Crippen LogP contribution in [0.25, 0.3) is 21.7 Å². The fourth-order valence-electron chi connectivity index (χ4n) is 1.84. The second-order valence-electron chi connectivity index (χ2n) is 3.81. The standard InChI is InChI=1S/C14H10N2OS/c17-14-15-8-6-12(16-14)11-7-9-18-13(11)10-4-2-1-3-5-10/h1-9H,(H,15,16,17). The SMILES string of the molecule is O=c1nc(-c2ccsc2-c2ccccc2)cc[nH]1. The van der Waals surface area contributed by atoms with E-state index in [0.29, 0.717) is 5.69 Å². The van der Waals surface area contributed by atoms with Crippen LogP contribution in [0.3, 0.4) is 0 Å². The minimum Gasteiger partial charge on any atom is -0.313 e. The van der Waals surface area contributed by atoms with Crippen molar-refractivity contribution in [3.05, 3.63) is 64.5 Å². The van der Waals surface area contributed by atoms with Crippen LogP contribution in [0.2, 0.25) is 0 Å². The zero-order chi connectivity index (χ0) is 12.4. The van der Waals surface area contributed by atoms with Crippen LogP contribution in [0.4, 0.5) is 0 Å². The maximum absolute atomic E-state index is 11.3. The highest BCUT2D eigenvalue weighted by Gasteiger charge is 2.09. The van der Waals surface area contributed by atoms with Crippen molar-refractivity contribution in [3.8, 4) is 21.7 Å². The van der Waals surface area contributed by atoms with E-state index < -0.39 is 0 Å². The van der Waals surface area contributed by atoms with Gasteiger partial charge in [0.05, 0.1) is 5.69 Å². The van der Waals surface area contributed by atoms with Gasteiger partial charge in [0.15, 0.2) is 0 Å². The van der Waals surface area contributed by atoms with Gasteiger partial charge in [0, 0.05) is 16.6 Å². The fraction of sp³-hybridized carbons (Fsp3) is 0. The lowest BCUT2D eigenvalue weighted by Gasteiger charge is -2.02. The molecule has 0 fully saturated rings. The number of benzene rings is 1. The van der Waals surface area contributed by atoms with Gasteiger partial charge in [-0.05, 0) is 23.1 Å². The Morgan fingerprint density at radius 2 is 1.89 bits per heavy atom. The Morgan fingerprint density at radius 3 is 2.67 bits per heavy atom. The summed E-state index contributed by atoms with van der Waals surface area (Å²) in [4.78, 5) is 18.9. The van der Waals surface area contributed by atoms with E-state index in [2.05, 4.69) is 22.1 Å². The maximum Gasteiger partial charge on any atom is 0.345 e. The average Bonchev–Trinajstić information content (AvgIpc) is 2.89. The van der Waals surface area contributed by atoms with Gasteiger partial charge in [0.25, 0.3) is 0 Å². The first-order valence-corrected chi connectivity index (χ1v) is 6.41. The molecule has 3 nitrogen and oxygen atoms in total. The van der Waals surface area contributed by atoms with Crippen LogP contribution in [0.1, 0.15) is 0 Å². The number of aromatic nitrogens is 2. The number of hydrogen-bond donors (Lipinski definition) is 1. The van der Waals surface area contributed by atoms with Crippen molar-refractivity contribution in [2.45, 2.75) is 0 Å². The molecule has 0 atom stereocenters. The lowest BCUT2D eigenvalue weighted by Crippen LogP contribution is -2.09. The molecular formula is C14H10N2OS. The highest BCUT2D eigenvalue weighted by atomic mass is 32.1. The van der Waals surface area contributed by atoms with E-state index in [-0.39, 0.29) is 5.69 Å². The monoisotopic (exact) mass is 254 g/mol. The van der Waals surface area contributed by atoms with Crippen molar-refractivity contribution in [1.82, 2.24) is 9.97 Å². The molecule has 0 radical (unpaired) electrons. The Balaban J connectivity index is 2.16. The largest absolute Gasteiger partial charge is 0.345 e. The number of thiophene rings is 1. The molecule has 4 heteroatoms. The molecule has 2 aromatic heterocycles. The highest BCUT2D eigenvalue weighted by Crippen LogP contribution is 2.35. The first-order valence-electron chi connectivity index (χ1n) is 5.53. The van der Waals surface area contributed by atoms with Gasteiger partial charge in [0.2, 0.25) is 0 Å². The van der Waals surface area contributed by atoms with Gasteiger partial charge in [-0.25, -0.2) is 4.79 Å². The molecule has 0 spiro atoms. The van der Waals surface area contributed by atoms with Gasteiger partial charge in [-0.15, -0.1) is 11.3 Å². The Labute approximate surface area is 108 Å². The Kier molecular flexibility index (Phi) is 2.78. The topological polar surface area (TPSA) is 45.8 Å². The zero-order valence-corrected chi connectivity index (χ0v) is 10.3. The molecule has 88 valence electrons. The Hall–Kier alpha value is -2.20. The van der Waals surface area contributed by atoms with Gasteiger partial charge >= 0.3 is 5.69 Å². The first-order chi connectivity index (χ1) is 8.84. The minimum atomic E-state index is -0.322. The van der Waals surface area contributed by atoms with Crippen LogP contribution in [-0.2, 0) is 0 Å². The van der Waals surface area contributed by atoms with Gasteiger partial charge in [0.1, 0.15) is 0 Å². The number of hydrogen-bond acceptors (Lipinski definition) is 3. The number of aromatic amines is 1. The molecule has 0 aliphatic rings. The summed E-state index contributed by atoms with van der Waals surface area (Å²) in [7, 11) is 0. The van der Waals surface area contributed by atoms with Crippen LogP contribution in [-0.4, -0.2) is 9.97 Å². The quantitative estimate of drug-likeness (QED) is 0.763. The molecule has 0 saturated heterocycles. The molecule has 0 bridgehead atoms. The maximum atomic E-state index is 11.3. The first kappa shape index (κ1) is 10.9. The van der Waals surface area contributed by atoms with Crippen LogP contribution >= 0.6 is 11.3 Å². The number of H-pyrrole nitrogens is 1. The zero-order valence-electron chi connectivity index (χ0n) is 9.46. The lowest BCUT2D eigenvalue weighted by atomic mass is 10.1. The second kappa shape index (κ2) is 4.58. The summed E-state index contributed by atoms with van der Waals surface area (Å²) in [5.41, 5.74) is 2.53. The van der Waals surface area contributed by atoms with Gasteiger partial charge < -0.3 is 4.98 Å². The van der Waals surface area contributed by atoms with E-state index in [1.165, 1.54) is 0 Å². The summed E-state index contributed by atoms with van der Waals surface area (Å²) in [5.74, 6) is 0. The van der Waals surface area contributed by atoms with Crippen LogP contribution < -0.4 is 5.69 Å². The van der Waals surface area contributed by atoms with Crippen molar-refractivity contribution in [2.24, 2.45) is 0 Å². The van der Waals surface area contributed by atoms with Crippen LogP contribution in [0, 0.1) is 0 Å². The second-order valence-corrected chi connectivity index (χ2v) is 4.73. The summed E-state index contributed by atoms with van der Waals surface area (Å²) in [6.45, 7) is 0. The summed E-state index contributed by atoms with van der Waals surface area (Å²) in [5, 5.41) is 2.01. The summed E-state index contributed by atoms with van der Waals surface area (Å²) >= 11 is 1.65. The molecule has 0 aliphatic carbocycles. The predicted octanol–water partition coefficient (Wildman–Crippen LogP) is 3.17. The summed E-state index contributed by atoms with van der Waals surface area (Å²) < 4.78 is 0. The van der Waals surface area contributed by atoms with Crippen LogP contribution in [0.15, 0.2) is 58.8 Å².